The van der Waals surface area contributed by atoms with E-state index in [0.717, 1.165) is 5.69 Å². The van der Waals surface area contributed by atoms with E-state index in [-0.39, 0.29) is 11.9 Å². The van der Waals surface area contributed by atoms with Crippen LogP contribution < -0.4 is 5.32 Å². The Labute approximate surface area is 115 Å². The van der Waals surface area contributed by atoms with Crippen LogP contribution in [0.3, 0.4) is 0 Å². The second kappa shape index (κ2) is 5.31. The average molecular weight is 265 g/mol. The predicted molar refractivity (Wildman–Crippen MR) is 73.5 cm³/mol. The Kier molecular flexibility index (Phi) is 3.20. The summed E-state index contributed by atoms with van der Waals surface area (Å²) < 4.78 is 1.72. The fourth-order valence-corrected chi connectivity index (χ4v) is 1.72. The molecule has 1 amide bonds. The van der Waals surface area contributed by atoms with Crippen LogP contribution in [0.1, 0.15) is 10.4 Å². The topological polar surface area (TPSA) is 72.7 Å². The van der Waals surface area contributed by atoms with E-state index in [1.54, 1.807) is 41.5 Å². The highest BCUT2D eigenvalue weighted by atomic mass is 16.1. The Bertz CT molecular complexity index is 692. The molecule has 98 valence electrons. The van der Waals surface area contributed by atoms with Gasteiger partial charge in [0.1, 0.15) is 0 Å². The van der Waals surface area contributed by atoms with Crippen LogP contribution in [-0.4, -0.2) is 25.7 Å². The van der Waals surface area contributed by atoms with Crippen molar-refractivity contribution < 1.29 is 4.79 Å². The van der Waals surface area contributed by atoms with E-state index in [4.69, 9.17) is 0 Å². The van der Waals surface area contributed by atoms with Gasteiger partial charge in [0.25, 0.3) is 5.91 Å². The Balaban J connectivity index is 1.76. The number of anilines is 1. The van der Waals surface area contributed by atoms with E-state index in [0.29, 0.717) is 5.56 Å². The fourth-order valence-electron chi connectivity index (χ4n) is 1.72. The summed E-state index contributed by atoms with van der Waals surface area (Å²) in [5.74, 6) is 0.0388. The van der Waals surface area contributed by atoms with Crippen molar-refractivity contribution in [2.75, 3.05) is 5.32 Å². The number of nitrogens with one attached hydrogen (secondary N) is 1. The number of carbonyl (C=O) groups is 1. The van der Waals surface area contributed by atoms with Crippen LogP contribution in [0, 0.1) is 0 Å². The van der Waals surface area contributed by atoms with Crippen molar-refractivity contribution in [2.24, 2.45) is 0 Å². The molecule has 0 aliphatic carbocycles. The molecule has 0 aliphatic rings. The molecule has 0 radical (unpaired) electrons. The molecule has 0 spiro atoms. The molecule has 2 heterocycles. The van der Waals surface area contributed by atoms with Gasteiger partial charge in [0, 0.05) is 30.4 Å². The molecule has 1 aromatic carbocycles. The molecule has 0 saturated heterocycles. The molecule has 0 unspecified atom stereocenters. The number of rotatable bonds is 3. The lowest BCUT2D eigenvalue weighted by atomic mass is 10.2. The molecule has 1 N–H and O–H groups in total. The lowest BCUT2D eigenvalue weighted by Crippen LogP contribution is -2.13. The zero-order valence-corrected chi connectivity index (χ0v) is 10.5. The van der Waals surface area contributed by atoms with Crippen molar-refractivity contribution in [1.82, 2.24) is 19.7 Å². The van der Waals surface area contributed by atoms with Crippen LogP contribution in [0.25, 0.3) is 5.69 Å². The molecule has 0 atom stereocenters. The standard InChI is InChI=1S/C14H11N5O/c20-13(18-14-15-7-1-8-16-14)11-3-5-12(6-4-11)19-10-2-9-17-19/h1-10H,(H,15,16,18,20). The van der Waals surface area contributed by atoms with E-state index in [1.807, 2.05) is 24.4 Å². The van der Waals surface area contributed by atoms with Gasteiger partial charge in [0.05, 0.1) is 5.69 Å². The third-order valence-electron chi connectivity index (χ3n) is 2.69. The molecule has 0 bridgehead atoms. The molecular formula is C14H11N5O. The van der Waals surface area contributed by atoms with Crippen LogP contribution in [0.5, 0.6) is 0 Å². The van der Waals surface area contributed by atoms with Gasteiger partial charge in [0.2, 0.25) is 5.95 Å². The molecule has 6 nitrogen and oxygen atoms in total. The van der Waals surface area contributed by atoms with Crippen molar-refractivity contribution in [2.45, 2.75) is 0 Å². The minimum absolute atomic E-state index is 0.247. The summed E-state index contributed by atoms with van der Waals surface area (Å²) in [6.07, 6.45) is 6.69. The highest BCUT2D eigenvalue weighted by Crippen LogP contribution is 2.09. The predicted octanol–water partition coefficient (Wildman–Crippen LogP) is 1.91. The first kappa shape index (κ1) is 12.0. The van der Waals surface area contributed by atoms with Gasteiger partial charge in [-0.05, 0) is 36.4 Å². The van der Waals surface area contributed by atoms with Crippen molar-refractivity contribution in [3.8, 4) is 5.69 Å². The summed E-state index contributed by atoms with van der Waals surface area (Å²) in [7, 11) is 0. The van der Waals surface area contributed by atoms with E-state index in [1.165, 1.54) is 0 Å². The summed E-state index contributed by atoms with van der Waals surface area (Å²) in [5, 5.41) is 6.75. The fraction of sp³-hybridized carbons (Fsp3) is 0. The van der Waals surface area contributed by atoms with Crippen LogP contribution in [0.4, 0.5) is 5.95 Å². The molecule has 6 heteroatoms. The van der Waals surface area contributed by atoms with Crippen LogP contribution in [0.15, 0.2) is 61.2 Å². The largest absolute Gasteiger partial charge is 0.290 e. The lowest BCUT2D eigenvalue weighted by Gasteiger charge is -2.05. The van der Waals surface area contributed by atoms with E-state index in [2.05, 4.69) is 20.4 Å². The second-order valence-corrected chi connectivity index (χ2v) is 4.02. The SMILES string of the molecule is O=C(Nc1ncccn1)c1ccc(-n2cccn2)cc1. The number of hydrogen-bond acceptors (Lipinski definition) is 4. The first-order valence-corrected chi connectivity index (χ1v) is 6.01. The maximum absolute atomic E-state index is 12.0. The van der Waals surface area contributed by atoms with Crippen LogP contribution in [-0.2, 0) is 0 Å². The lowest BCUT2D eigenvalue weighted by molar-refractivity contribution is 0.102. The van der Waals surface area contributed by atoms with Crippen molar-refractivity contribution in [3.05, 3.63) is 66.7 Å². The van der Waals surface area contributed by atoms with Crippen LogP contribution >= 0.6 is 0 Å². The number of hydrogen-bond donors (Lipinski definition) is 1. The zero-order valence-electron chi connectivity index (χ0n) is 10.5. The third kappa shape index (κ3) is 2.54. The smallest absolute Gasteiger partial charge is 0.258 e. The molecule has 0 aliphatic heterocycles. The minimum Gasteiger partial charge on any atom is -0.290 e. The van der Waals surface area contributed by atoms with Gasteiger partial charge in [-0.25, -0.2) is 14.6 Å². The van der Waals surface area contributed by atoms with Gasteiger partial charge in [-0.1, -0.05) is 0 Å². The van der Waals surface area contributed by atoms with Crippen LogP contribution in [0.2, 0.25) is 0 Å². The quantitative estimate of drug-likeness (QED) is 0.785. The van der Waals surface area contributed by atoms with Gasteiger partial charge in [-0.3, -0.25) is 10.1 Å². The summed E-state index contributed by atoms with van der Waals surface area (Å²) in [5.41, 5.74) is 1.43. The Morgan fingerprint density at radius 1 is 1.00 bits per heavy atom. The average Bonchev–Trinajstić information content (AvgIpc) is 3.03. The molecule has 20 heavy (non-hydrogen) atoms. The number of aromatic nitrogens is 4. The molecule has 3 aromatic rings. The summed E-state index contributed by atoms with van der Waals surface area (Å²) in [6, 6.07) is 10.6. The van der Waals surface area contributed by atoms with E-state index < -0.39 is 0 Å². The van der Waals surface area contributed by atoms with Gasteiger partial charge in [-0.15, -0.1) is 0 Å². The Morgan fingerprint density at radius 2 is 1.75 bits per heavy atom. The van der Waals surface area contributed by atoms with Crippen molar-refractivity contribution >= 4 is 11.9 Å². The zero-order chi connectivity index (χ0) is 13.8. The first-order chi connectivity index (χ1) is 9.83. The normalized spacial score (nSPS) is 10.2. The molecule has 0 fully saturated rings. The van der Waals surface area contributed by atoms with Gasteiger partial charge >= 0.3 is 0 Å². The molecule has 0 saturated carbocycles. The Morgan fingerprint density at radius 3 is 2.40 bits per heavy atom. The van der Waals surface area contributed by atoms with Crippen molar-refractivity contribution in [1.29, 1.82) is 0 Å². The summed E-state index contributed by atoms with van der Waals surface area (Å²) >= 11 is 0. The summed E-state index contributed by atoms with van der Waals surface area (Å²) in [4.78, 5) is 19.9. The minimum atomic E-state index is -0.247. The van der Waals surface area contributed by atoms with Gasteiger partial charge in [-0.2, -0.15) is 5.10 Å². The number of benzene rings is 1. The van der Waals surface area contributed by atoms with Gasteiger partial charge < -0.3 is 0 Å². The van der Waals surface area contributed by atoms with Crippen molar-refractivity contribution in [3.63, 3.8) is 0 Å². The maximum atomic E-state index is 12.0. The highest BCUT2D eigenvalue weighted by Gasteiger charge is 2.07. The molecule has 3 rings (SSSR count). The van der Waals surface area contributed by atoms with E-state index >= 15 is 0 Å². The number of carbonyl (C=O) groups excluding carboxylic acids is 1. The third-order valence-corrected chi connectivity index (χ3v) is 2.69. The molecular weight excluding hydrogens is 254 g/mol. The summed E-state index contributed by atoms with van der Waals surface area (Å²) in [6.45, 7) is 0. The van der Waals surface area contributed by atoms with Gasteiger partial charge in [0.15, 0.2) is 0 Å². The maximum Gasteiger partial charge on any atom is 0.258 e. The second-order valence-electron chi connectivity index (χ2n) is 4.02. The number of nitrogens with zero attached hydrogens (tertiary/aromatic N) is 4. The molecule has 2 aromatic heterocycles. The number of amides is 1. The monoisotopic (exact) mass is 265 g/mol. The highest BCUT2D eigenvalue weighted by molar-refractivity contribution is 6.03. The Hall–Kier alpha value is -3.02. The first-order valence-electron chi connectivity index (χ1n) is 6.01. The van der Waals surface area contributed by atoms with E-state index in [9.17, 15) is 4.79 Å².